The van der Waals surface area contributed by atoms with Gasteiger partial charge in [0.05, 0.1) is 11.3 Å². The normalized spacial score (nSPS) is 10.2. The Morgan fingerprint density at radius 2 is 1.76 bits per heavy atom. The standard InChI is InChI=1S/C16H16N2O3/c1-11-3-6-14(9-12(11)2)17-16(19)10-13-4-7-15(8-5-13)18(20)21/h3-9H,10H2,1-2H3,(H,17,19). The predicted octanol–water partition coefficient (Wildman–Crippen LogP) is 3.39. The topological polar surface area (TPSA) is 72.2 Å². The maximum Gasteiger partial charge on any atom is 0.269 e. The van der Waals surface area contributed by atoms with Crippen LogP contribution < -0.4 is 5.32 Å². The minimum absolute atomic E-state index is 0.0216. The molecule has 1 amide bonds. The molecule has 0 spiro atoms. The molecule has 1 N–H and O–H groups in total. The van der Waals surface area contributed by atoms with Crippen LogP contribution in [0.4, 0.5) is 11.4 Å². The van der Waals surface area contributed by atoms with Crippen molar-refractivity contribution in [2.75, 3.05) is 5.32 Å². The van der Waals surface area contributed by atoms with Gasteiger partial charge in [0.1, 0.15) is 0 Å². The van der Waals surface area contributed by atoms with Gasteiger partial charge in [-0.25, -0.2) is 0 Å². The Morgan fingerprint density at radius 3 is 2.33 bits per heavy atom. The first-order valence-corrected chi connectivity index (χ1v) is 6.56. The fraction of sp³-hybridized carbons (Fsp3) is 0.188. The molecular formula is C16H16N2O3. The van der Waals surface area contributed by atoms with Gasteiger partial charge in [0.25, 0.3) is 5.69 Å². The summed E-state index contributed by atoms with van der Waals surface area (Å²) >= 11 is 0. The molecule has 108 valence electrons. The van der Waals surface area contributed by atoms with Gasteiger partial charge in [-0.1, -0.05) is 18.2 Å². The summed E-state index contributed by atoms with van der Waals surface area (Å²) < 4.78 is 0. The lowest BCUT2D eigenvalue weighted by Gasteiger charge is -2.07. The monoisotopic (exact) mass is 284 g/mol. The van der Waals surface area contributed by atoms with E-state index in [0.29, 0.717) is 0 Å². The number of rotatable bonds is 4. The maximum absolute atomic E-state index is 12.0. The Balaban J connectivity index is 2.01. The van der Waals surface area contributed by atoms with E-state index in [1.807, 2.05) is 32.0 Å². The van der Waals surface area contributed by atoms with Crippen LogP contribution >= 0.6 is 0 Å². The number of anilines is 1. The molecule has 0 aromatic heterocycles. The molecule has 0 saturated carbocycles. The Labute approximate surface area is 122 Å². The van der Waals surface area contributed by atoms with E-state index in [9.17, 15) is 14.9 Å². The molecule has 0 aliphatic heterocycles. The van der Waals surface area contributed by atoms with Crippen LogP contribution in [0.1, 0.15) is 16.7 Å². The van der Waals surface area contributed by atoms with E-state index in [1.165, 1.54) is 17.7 Å². The van der Waals surface area contributed by atoms with E-state index in [-0.39, 0.29) is 18.0 Å². The van der Waals surface area contributed by atoms with Crippen molar-refractivity contribution in [2.24, 2.45) is 0 Å². The van der Waals surface area contributed by atoms with Crippen molar-refractivity contribution < 1.29 is 9.72 Å². The smallest absolute Gasteiger partial charge is 0.269 e. The highest BCUT2D eigenvalue weighted by atomic mass is 16.6. The lowest BCUT2D eigenvalue weighted by atomic mass is 10.1. The third-order valence-corrected chi connectivity index (χ3v) is 3.30. The van der Waals surface area contributed by atoms with Crippen LogP contribution in [0.5, 0.6) is 0 Å². The Kier molecular flexibility index (Phi) is 4.33. The molecule has 21 heavy (non-hydrogen) atoms. The number of nitrogens with one attached hydrogen (secondary N) is 1. The van der Waals surface area contributed by atoms with Crippen LogP contribution in [0.2, 0.25) is 0 Å². The summed E-state index contributed by atoms with van der Waals surface area (Å²) in [6.07, 6.45) is 0.185. The van der Waals surface area contributed by atoms with Crippen molar-refractivity contribution in [3.8, 4) is 0 Å². The summed E-state index contributed by atoms with van der Waals surface area (Å²) in [5, 5.41) is 13.4. The number of benzene rings is 2. The van der Waals surface area contributed by atoms with Crippen molar-refractivity contribution in [1.82, 2.24) is 0 Å². The first kappa shape index (κ1) is 14.7. The van der Waals surface area contributed by atoms with E-state index >= 15 is 0 Å². The third-order valence-electron chi connectivity index (χ3n) is 3.30. The van der Waals surface area contributed by atoms with E-state index in [0.717, 1.165) is 16.8 Å². The summed E-state index contributed by atoms with van der Waals surface area (Å²) in [5.41, 5.74) is 3.80. The number of hydrogen-bond donors (Lipinski definition) is 1. The Bertz CT molecular complexity index is 678. The lowest BCUT2D eigenvalue weighted by molar-refractivity contribution is -0.384. The third kappa shape index (κ3) is 3.89. The van der Waals surface area contributed by atoms with Gasteiger partial charge >= 0.3 is 0 Å². The second-order valence-corrected chi connectivity index (χ2v) is 4.95. The molecule has 0 bridgehead atoms. The molecule has 0 aliphatic carbocycles. The Hall–Kier alpha value is -2.69. The van der Waals surface area contributed by atoms with Crippen molar-refractivity contribution in [3.63, 3.8) is 0 Å². The zero-order chi connectivity index (χ0) is 15.4. The van der Waals surface area contributed by atoms with Crippen LogP contribution in [0.15, 0.2) is 42.5 Å². The van der Waals surface area contributed by atoms with Gasteiger partial charge < -0.3 is 5.32 Å². The number of aryl methyl sites for hydroxylation is 2. The van der Waals surface area contributed by atoms with Gasteiger partial charge in [-0.15, -0.1) is 0 Å². The zero-order valence-electron chi connectivity index (χ0n) is 11.9. The molecule has 2 aromatic carbocycles. The molecule has 0 aliphatic rings. The van der Waals surface area contributed by atoms with Crippen LogP contribution in [-0.4, -0.2) is 10.8 Å². The first-order valence-electron chi connectivity index (χ1n) is 6.56. The molecular weight excluding hydrogens is 268 g/mol. The number of carbonyl (C=O) groups is 1. The zero-order valence-corrected chi connectivity index (χ0v) is 11.9. The van der Waals surface area contributed by atoms with Crippen LogP contribution in [-0.2, 0) is 11.2 Å². The average Bonchev–Trinajstić information content (AvgIpc) is 2.43. The fourth-order valence-corrected chi connectivity index (χ4v) is 1.95. The average molecular weight is 284 g/mol. The predicted molar refractivity (Wildman–Crippen MR) is 81.3 cm³/mol. The highest BCUT2D eigenvalue weighted by Gasteiger charge is 2.08. The fourth-order valence-electron chi connectivity index (χ4n) is 1.95. The van der Waals surface area contributed by atoms with Crippen LogP contribution in [0.3, 0.4) is 0 Å². The van der Waals surface area contributed by atoms with Gasteiger partial charge in [-0.05, 0) is 42.7 Å². The van der Waals surface area contributed by atoms with Crippen molar-refractivity contribution in [2.45, 2.75) is 20.3 Å². The Morgan fingerprint density at radius 1 is 1.10 bits per heavy atom. The molecule has 5 nitrogen and oxygen atoms in total. The molecule has 0 saturated heterocycles. The highest BCUT2D eigenvalue weighted by Crippen LogP contribution is 2.16. The largest absolute Gasteiger partial charge is 0.326 e. The van der Waals surface area contributed by atoms with E-state index in [2.05, 4.69) is 5.32 Å². The lowest BCUT2D eigenvalue weighted by Crippen LogP contribution is -2.14. The summed E-state index contributed by atoms with van der Waals surface area (Å²) in [6, 6.07) is 11.7. The van der Waals surface area contributed by atoms with Crippen molar-refractivity contribution in [1.29, 1.82) is 0 Å². The molecule has 5 heteroatoms. The van der Waals surface area contributed by atoms with Gasteiger partial charge in [0, 0.05) is 17.8 Å². The summed E-state index contributed by atoms with van der Waals surface area (Å²) in [7, 11) is 0. The summed E-state index contributed by atoms with van der Waals surface area (Å²) in [4.78, 5) is 22.1. The quantitative estimate of drug-likeness (QED) is 0.691. The molecule has 2 aromatic rings. The number of amides is 1. The highest BCUT2D eigenvalue weighted by molar-refractivity contribution is 5.92. The molecule has 0 fully saturated rings. The first-order chi connectivity index (χ1) is 9.95. The minimum Gasteiger partial charge on any atom is -0.326 e. The molecule has 2 rings (SSSR count). The van der Waals surface area contributed by atoms with E-state index in [1.54, 1.807) is 12.1 Å². The molecule has 0 atom stereocenters. The number of hydrogen-bond acceptors (Lipinski definition) is 3. The minimum atomic E-state index is -0.459. The second-order valence-electron chi connectivity index (χ2n) is 4.95. The van der Waals surface area contributed by atoms with Gasteiger partial charge in [-0.2, -0.15) is 0 Å². The molecule has 0 unspecified atom stereocenters. The van der Waals surface area contributed by atoms with Gasteiger partial charge in [0.15, 0.2) is 0 Å². The van der Waals surface area contributed by atoms with Gasteiger partial charge in [-0.3, -0.25) is 14.9 Å². The molecule has 0 radical (unpaired) electrons. The molecule has 0 heterocycles. The maximum atomic E-state index is 12.0. The van der Waals surface area contributed by atoms with Crippen LogP contribution in [0, 0.1) is 24.0 Å². The number of nitro benzene ring substituents is 1. The van der Waals surface area contributed by atoms with E-state index in [4.69, 9.17) is 0 Å². The summed E-state index contributed by atoms with van der Waals surface area (Å²) in [5.74, 6) is -0.146. The van der Waals surface area contributed by atoms with Gasteiger partial charge in [0.2, 0.25) is 5.91 Å². The van der Waals surface area contributed by atoms with Crippen molar-refractivity contribution >= 4 is 17.3 Å². The van der Waals surface area contributed by atoms with Crippen molar-refractivity contribution in [3.05, 3.63) is 69.3 Å². The number of nitrogens with zero attached hydrogens (tertiary/aromatic N) is 1. The number of nitro groups is 1. The van der Waals surface area contributed by atoms with Crippen LogP contribution in [0.25, 0.3) is 0 Å². The van der Waals surface area contributed by atoms with E-state index < -0.39 is 4.92 Å². The SMILES string of the molecule is Cc1ccc(NC(=O)Cc2ccc([N+](=O)[O-])cc2)cc1C. The second kappa shape index (κ2) is 6.17. The number of carbonyl (C=O) groups excluding carboxylic acids is 1. The summed E-state index contributed by atoms with van der Waals surface area (Å²) in [6.45, 7) is 4.00. The number of non-ortho nitro benzene ring substituents is 1.